The van der Waals surface area contributed by atoms with Gasteiger partial charge in [0.05, 0.1) is 6.04 Å². The minimum Gasteiger partial charge on any atom is -0.378 e. The number of hydrogen-bond acceptors (Lipinski definition) is 4. The molecule has 0 saturated heterocycles. The van der Waals surface area contributed by atoms with E-state index >= 15 is 0 Å². The first kappa shape index (κ1) is 20.1. The Morgan fingerprint density at radius 1 is 1.33 bits per heavy atom. The van der Waals surface area contributed by atoms with Crippen molar-refractivity contribution in [2.24, 2.45) is 5.73 Å². The number of amides is 1. The number of benzene rings is 1. The largest absolute Gasteiger partial charge is 0.378 e. The summed E-state index contributed by atoms with van der Waals surface area (Å²) >= 11 is 1.71. The number of carbonyl (C=O) groups is 1. The van der Waals surface area contributed by atoms with Gasteiger partial charge in [-0.3, -0.25) is 4.79 Å². The molecule has 2 N–H and O–H groups in total. The quantitative estimate of drug-likeness (QED) is 0.832. The lowest BCUT2D eigenvalue weighted by atomic mass is 10.1. The summed E-state index contributed by atoms with van der Waals surface area (Å²) in [6, 6.07) is 7.79. The van der Waals surface area contributed by atoms with E-state index < -0.39 is 6.04 Å². The van der Waals surface area contributed by atoms with Crippen molar-refractivity contribution >= 4 is 35.8 Å². The van der Waals surface area contributed by atoms with Crippen molar-refractivity contribution in [2.75, 3.05) is 38.1 Å². The molecule has 1 atom stereocenters. The van der Waals surface area contributed by atoms with Crippen LogP contribution in [-0.2, 0) is 11.3 Å². The van der Waals surface area contributed by atoms with Crippen molar-refractivity contribution in [3.05, 3.63) is 29.8 Å². The highest BCUT2D eigenvalue weighted by atomic mass is 35.5. The summed E-state index contributed by atoms with van der Waals surface area (Å²) in [4.78, 5) is 15.9. The Kier molecular flexibility index (Phi) is 9.49. The van der Waals surface area contributed by atoms with Gasteiger partial charge in [-0.25, -0.2) is 0 Å². The molecule has 0 fully saturated rings. The zero-order valence-electron chi connectivity index (χ0n) is 13.2. The molecule has 0 saturated carbocycles. The smallest absolute Gasteiger partial charge is 0.239 e. The Hall–Kier alpha value is -0.910. The molecular weight excluding hydrogens is 306 g/mol. The molecular formula is C15H26ClN3OS. The number of hydrogen-bond donors (Lipinski definition) is 1. The highest BCUT2D eigenvalue weighted by Gasteiger charge is 2.17. The van der Waals surface area contributed by atoms with Crippen LogP contribution in [0.5, 0.6) is 0 Å². The predicted octanol–water partition coefficient (Wildman–Crippen LogP) is 2.21. The Morgan fingerprint density at radius 2 is 2.00 bits per heavy atom. The number of carbonyl (C=O) groups excluding carboxylic acids is 1. The number of rotatable bonds is 7. The molecule has 1 aromatic carbocycles. The van der Waals surface area contributed by atoms with Crippen molar-refractivity contribution < 1.29 is 4.79 Å². The topological polar surface area (TPSA) is 49.6 Å². The lowest BCUT2D eigenvalue weighted by Crippen LogP contribution is -2.41. The molecule has 120 valence electrons. The number of anilines is 1. The van der Waals surface area contributed by atoms with Crippen LogP contribution < -0.4 is 10.6 Å². The van der Waals surface area contributed by atoms with Gasteiger partial charge in [0.15, 0.2) is 0 Å². The van der Waals surface area contributed by atoms with Gasteiger partial charge >= 0.3 is 0 Å². The van der Waals surface area contributed by atoms with Crippen LogP contribution in [0.1, 0.15) is 12.0 Å². The van der Waals surface area contributed by atoms with Gasteiger partial charge in [0.1, 0.15) is 0 Å². The second kappa shape index (κ2) is 9.92. The second-order valence-electron chi connectivity index (χ2n) is 5.15. The Labute approximate surface area is 138 Å². The Balaban J connectivity index is 0.00000400. The van der Waals surface area contributed by atoms with E-state index in [0.717, 1.165) is 23.4 Å². The number of likely N-dealkylation sites (N-methyl/N-ethyl adjacent to an activating group) is 1. The normalized spacial score (nSPS) is 11.5. The molecule has 6 heteroatoms. The summed E-state index contributed by atoms with van der Waals surface area (Å²) in [7, 11) is 5.82. The zero-order valence-corrected chi connectivity index (χ0v) is 14.8. The van der Waals surface area contributed by atoms with Crippen molar-refractivity contribution in [3.8, 4) is 0 Å². The lowest BCUT2D eigenvalue weighted by molar-refractivity contribution is -0.131. The number of nitrogens with two attached hydrogens (primary N) is 1. The molecule has 0 spiro atoms. The van der Waals surface area contributed by atoms with E-state index in [-0.39, 0.29) is 18.3 Å². The van der Waals surface area contributed by atoms with Crippen LogP contribution >= 0.6 is 24.2 Å². The molecule has 1 rings (SSSR count). The van der Waals surface area contributed by atoms with E-state index in [9.17, 15) is 4.79 Å². The van der Waals surface area contributed by atoms with E-state index in [1.807, 2.05) is 39.5 Å². The molecule has 0 aliphatic rings. The molecule has 0 aliphatic carbocycles. The Morgan fingerprint density at radius 3 is 2.57 bits per heavy atom. The third-order valence-electron chi connectivity index (χ3n) is 3.17. The maximum atomic E-state index is 12.2. The van der Waals surface area contributed by atoms with Crippen molar-refractivity contribution in [1.82, 2.24) is 4.90 Å². The van der Waals surface area contributed by atoms with Gasteiger partial charge < -0.3 is 15.5 Å². The highest BCUT2D eigenvalue weighted by Crippen LogP contribution is 2.15. The summed E-state index contributed by atoms with van der Waals surface area (Å²) in [5.74, 6) is 0.922. The number of halogens is 1. The molecule has 0 aliphatic heterocycles. The molecule has 0 radical (unpaired) electrons. The van der Waals surface area contributed by atoms with Crippen molar-refractivity contribution in [3.63, 3.8) is 0 Å². The van der Waals surface area contributed by atoms with Crippen LogP contribution in [0.3, 0.4) is 0 Å². The fourth-order valence-corrected chi connectivity index (χ4v) is 2.43. The summed E-state index contributed by atoms with van der Waals surface area (Å²) in [6.45, 7) is 0.591. The number of thioether (sulfide) groups is 1. The van der Waals surface area contributed by atoms with Crippen LogP contribution in [0.25, 0.3) is 0 Å². The number of nitrogens with zero attached hydrogens (tertiary/aromatic N) is 2. The summed E-state index contributed by atoms with van der Waals surface area (Å²) in [5, 5.41) is 0. The van der Waals surface area contributed by atoms with Gasteiger partial charge in [-0.05, 0) is 36.1 Å². The third kappa shape index (κ3) is 6.59. The fourth-order valence-electron chi connectivity index (χ4n) is 1.94. The first-order chi connectivity index (χ1) is 9.45. The van der Waals surface area contributed by atoms with Gasteiger partial charge in [-0.2, -0.15) is 11.8 Å². The highest BCUT2D eigenvalue weighted by molar-refractivity contribution is 7.98. The van der Waals surface area contributed by atoms with Gasteiger partial charge in [0.25, 0.3) is 0 Å². The average molecular weight is 332 g/mol. The molecule has 1 aromatic rings. The summed E-state index contributed by atoms with van der Waals surface area (Å²) in [6.07, 6.45) is 2.75. The van der Waals surface area contributed by atoms with Crippen molar-refractivity contribution in [2.45, 2.75) is 19.0 Å². The molecule has 0 bridgehead atoms. The van der Waals surface area contributed by atoms with Gasteiger partial charge in [-0.1, -0.05) is 12.1 Å². The van der Waals surface area contributed by atoms with Gasteiger partial charge in [0, 0.05) is 33.4 Å². The molecule has 4 nitrogen and oxygen atoms in total. The van der Waals surface area contributed by atoms with Crippen LogP contribution in [0.15, 0.2) is 24.3 Å². The van der Waals surface area contributed by atoms with Crippen LogP contribution in [0.4, 0.5) is 5.69 Å². The fraction of sp³-hybridized carbons (Fsp3) is 0.533. The summed E-state index contributed by atoms with van der Waals surface area (Å²) < 4.78 is 0. The van der Waals surface area contributed by atoms with E-state index in [0.29, 0.717) is 6.54 Å². The molecule has 0 heterocycles. The van der Waals surface area contributed by atoms with Crippen LogP contribution in [0, 0.1) is 0 Å². The van der Waals surface area contributed by atoms with Gasteiger partial charge in [-0.15, -0.1) is 12.4 Å². The third-order valence-corrected chi connectivity index (χ3v) is 3.82. The maximum absolute atomic E-state index is 12.2. The average Bonchev–Trinajstić information content (AvgIpc) is 2.44. The molecule has 1 unspecified atom stereocenters. The van der Waals surface area contributed by atoms with E-state index in [1.54, 1.807) is 16.7 Å². The van der Waals surface area contributed by atoms with E-state index in [4.69, 9.17) is 5.73 Å². The van der Waals surface area contributed by atoms with Crippen molar-refractivity contribution in [1.29, 1.82) is 0 Å². The monoisotopic (exact) mass is 331 g/mol. The van der Waals surface area contributed by atoms with Crippen LogP contribution in [-0.4, -0.2) is 50.0 Å². The Bertz CT molecular complexity index is 443. The SMILES string of the molecule is CSCCC(N)C(=O)N(C)Cc1cccc(N(C)C)c1.Cl. The second-order valence-corrected chi connectivity index (χ2v) is 6.13. The summed E-state index contributed by atoms with van der Waals surface area (Å²) in [5.41, 5.74) is 8.17. The minimum absolute atomic E-state index is 0. The standard InChI is InChI=1S/C15H25N3OS.ClH/c1-17(2)13-7-5-6-12(10-13)11-18(3)15(19)14(16)8-9-20-4;/h5-7,10,14H,8-9,11,16H2,1-4H3;1H. The minimum atomic E-state index is -0.399. The molecule has 1 amide bonds. The molecule has 21 heavy (non-hydrogen) atoms. The van der Waals surface area contributed by atoms with Gasteiger partial charge in [0.2, 0.25) is 5.91 Å². The zero-order chi connectivity index (χ0) is 15.1. The van der Waals surface area contributed by atoms with E-state index in [2.05, 4.69) is 17.0 Å². The first-order valence-electron chi connectivity index (χ1n) is 6.71. The maximum Gasteiger partial charge on any atom is 0.239 e. The van der Waals surface area contributed by atoms with Crippen LogP contribution in [0.2, 0.25) is 0 Å². The molecule has 0 aromatic heterocycles. The first-order valence-corrected chi connectivity index (χ1v) is 8.11. The predicted molar refractivity (Wildman–Crippen MR) is 95.5 cm³/mol. The van der Waals surface area contributed by atoms with E-state index in [1.165, 1.54) is 0 Å². The lowest BCUT2D eigenvalue weighted by Gasteiger charge is -2.22.